The minimum absolute atomic E-state index is 0.0245. The van der Waals surface area contributed by atoms with Gasteiger partial charge in [0.1, 0.15) is 30.5 Å². The molecule has 4 heterocycles. The van der Waals surface area contributed by atoms with Crippen LogP contribution >= 0.6 is 0 Å². The third-order valence-electron chi connectivity index (χ3n) is 15.8. The number of benzene rings is 7. The topological polar surface area (TPSA) is 247 Å². The van der Waals surface area contributed by atoms with E-state index in [0.717, 1.165) is 22.6 Å². The normalized spacial score (nSPS) is 16.1. The molecule has 4 atom stereocenters. The third-order valence-corrected chi connectivity index (χ3v) is 15.8. The van der Waals surface area contributed by atoms with E-state index in [1.54, 1.807) is 127 Å². The summed E-state index contributed by atoms with van der Waals surface area (Å²) in [4.78, 5) is 92.9. The lowest BCUT2D eigenvalue weighted by Crippen LogP contribution is -2.57. The quantitative estimate of drug-likeness (QED) is 0.0735. The van der Waals surface area contributed by atoms with Crippen molar-refractivity contribution >= 4 is 80.4 Å². The van der Waals surface area contributed by atoms with Gasteiger partial charge in [0, 0.05) is 28.4 Å². The average Bonchev–Trinajstić information content (AvgIpc) is 2.61. The van der Waals surface area contributed by atoms with Crippen LogP contribution in [0.5, 0.6) is 0 Å². The van der Waals surface area contributed by atoms with Crippen LogP contribution in [0.4, 0.5) is 22.7 Å². The monoisotopic (exact) mass is 1130 g/mol. The van der Waals surface area contributed by atoms with Gasteiger partial charge < -0.3 is 45.7 Å². The lowest BCUT2D eigenvalue weighted by Gasteiger charge is -2.29. The number of rotatable bonds is 16. The zero-order valence-electron chi connectivity index (χ0n) is 46.9. The molecular formula is C65H58N14O6. The highest BCUT2D eigenvalue weighted by Crippen LogP contribution is 2.39. The number of aromatic nitrogens is 4. The number of nitrogens with zero attached hydrogens (tertiary/aromatic N) is 10. The number of para-hydroxylation sites is 8. The van der Waals surface area contributed by atoms with Gasteiger partial charge in [0.2, 0.25) is 11.8 Å². The minimum Gasteiger partial charge on any atom is -0.341 e. The van der Waals surface area contributed by atoms with Crippen LogP contribution in [0.1, 0.15) is 57.1 Å². The van der Waals surface area contributed by atoms with Crippen LogP contribution in [-0.2, 0) is 32.3 Å². The van der Waals surface area contributed by atoms with Gasteiger partial charge in [-0.3, -0.25) is 24.0 Å². The van der Waals surface area contributed by atoms with Crippen LogP contribution in [0.15, 0.2) is 170 Å². The summed E-state index contributed by atoms with van der Waals surface area (Å²) in [6.07, 6.45) is 0.758. The van der Waals surface area contributed by atoms with E-state index in [1.165, 1.54) is 39.0 Å². The summed E-state index contributed by atoms with van der Waals surface area (Å²) >= 11 is 0. The summed E-state index contributed by atoms with van der Waals surface area (Å²) in [6.45, 7) is 2.85. The Balaban J connectivity index is 0.935. The van der Waals surface area contributed by atoms with Crippen LogP contribution < -0.4 is 40.9 Å². The Kier molecular flexibility index (Phi) is 15.7. The van der Waals surface area contributed by atoms with Crippen molar-refractivity contribution in [3.05, 3.63) is 203 Å². The van der Waals surface area contributed by atoms with Gasteiger partial charge in [-0.1, -0.05) is 84.9 Å². The molecule has 2 aliphatic rings. The molecule has 0 aliphatic carbocycles. The van der Waals surface area contributed by atoms with Gasteiger partial charge in [-0.25, -0.2) is 9.36 Å². The van der Waals surface area contributed by atoms with Crippen LogP contribution in [0.2, 0.25) is 0 Å². The first-order valence-corrected chi connectivity index (χ1v) is 27.6. The Bertz CT molecular complexity index is 4200. The van der Waals surface area contributed by atoms with Gasteiger partial charge in [0.05, 0.1) is 105 Å². The Hall–Kier alpha value is -10.6. The van der Waals surface area contributed by atoms with E-state index < -0.39 is 53.2 Å². The Morgan fingerprint density at radius 3 is 1.42 bits per heavy atom. The fourth-order valence-corrected chi connectivity index (χ4v) is 10.8. The Labute approximate surface area is 489 Å². The van der Waals surface area contributed by atoms with Gasteiger partial charge in [0.15, 0.2) is 0 Å². The highest BCUT2D eigenvalue weighted by Gasteiger charge is 2.41. The largest absolute Gasteiger partial charge is 0.341 e. The van der Waals surface area contributed by atoms with E-state index in [9.17, 15) is 20.1 Å². The van der Waals surface area contributed by atoms with E-state index in [1.807, 2.05) is 60.7 Å². The number of aldehydes is 1. The smallest absolute Gasteiger partial charge is 0.258 e. The molecule has 9 aromatic rings. The number of nitrogens with one attached hydrogen (secondary N) is 4. The first-order chi connectivity index (χ1) is 41.3. The highest BCUT2D eigenvalue weighted by molar-refractivity contribution is 6.15. The number of hydrogen-bond acceptors (Lipinski definition) is 13. The fraction of sp³-hybridized carbons (Fsp3) is 0.200. The van der Waals surface area contributed by atoms with Gasteiger partial charge in [-0.2, -0.15) is 20.7 Å². The predicted molar refractivity (Wildman–Crippen MR) is 322 cm³/mol. The molecule has 7 aromatic carbocycles. The lowest BCUT2D eigenvalue weighted by molar-refractivity contribution is -0.128. The number of amides is 5. The SMILES string of the molecule is CN[C@@H](C)C(=O)N[C@H]1CN(C(=O)c2ccc(C(=O)N3C[C@H](NC[C@](C)(C=O)NC)C(=O)N(Cc4nn(-c5ccccc5C#N)c5ccccc45)c4ccccc43)cc2)c2ccccc2N(Cc2nn(-c3ccccc3C#N)c3ccccc23)C1=O. The van der Waals surface area contributed by atoms with Crippen molar-refractivity contribution in [2.24, 2.45) is 0 Å². The van der Waals surface area contributed by atoms with Crippen LogP contribution in [0.3, 0.4) is 0 Å². The number of likely N-dealkylation sites (N-methyl/N-ethyl adjacent to an activating group) is 2. The van der Waals surface area contributed by atoms with Gasteiger partial charge in [-0.05, 0) is 113 Å². The number of anilines is 4. The molecule has 0 unspecified atom stereocenters. The fourth-order valence-electron chi connectivity index (χ4n) is 10.8. The molecule has 2 aromatic heterocycles. The lowest BCUT2D eigenvalue weighted by atomic mass is 10.0. The highest BCUT2D eigenvalue weighted by atomic mass is 16.2. The second-order valence-electron chi connectivity index (χ2n) is 21.0. The van der Waals surface area contributed by atoms with Gasteiger partial charge in [0.25, 0.3) is 17.7 Å². The van der Waals surface area contributed by atoms with Crippen LogP contribution in [0.25, 0.3) is 33.2 Å². The predicted octanol–water partition coefficient (Wildman–Crippen LogP) is 6.72. The third kappa shape index (κ3) is 10.6. The molecule has 424 valence electrons. The number of carbonyl (C=O) groups is 6. The summed E-state index contributed by atoms with van der Waals surface area (Å²) in [5.74, 6) is -2.37. The van der Waals surface area contributed by atoms with Crippen LogP contribution in [-0.4, -0.2) is 113 Å². The average molecular weight is 1130 g/mol. The molecule has 20 nitrogen and oxygen atoms in total. The standard InChI is InChI=1S/C65H58N14O6/c1-41(68-3)60(81)71-51-38-75(57-26-14-16-28-59(57)77(64(51)85)36-49-47-20-8-12-24-55(47)79(73-49)53-22-10-6-18-45(53)34-67)62(83)43-31-29-42(30-32-43)61(82)74-37-50(70-39-65(2,40-80)69-4)63(84)76(58-27-15-13-25-56(58)74)35-48-46-19-7-11-23-54(46)78(72-48)52-21-9-5-17-44(52)33-66/h5-32,40-41,50-51,68-70H,35-39H2,1-4H3,(H,71,81)/t41-,50-,51-,65+/m0/s1. The molecule has 0 saturated heterocycles. The summed E-state index contributed by atoms with van der Waals surface area (Å²) < 4.78 is 3.38. The first kappa shape index (κ1) is 56.2. The molecule has 20 heteroatoms. The Morgan fingerprint density at radius 1 is 0.588 bits per heavy atom. The van der Waals surface area contributed by atoms with E-state index in [4.69, 9.17) is 10.2 Å². The summed E-state index contributed by atoms with van der Waals surface area (Å²) in [6, 6.07) is 50.9. The van der Waals surface area contributed by atoms with E-state index >= 15 is 19.2 Å². The van der Waals surface area contributed by atoms with E-state index in [0.29, 0.717) is 62.2 Å². The minimum atomic E-state index is -1.24. The molecule has 0 fully saturated rings. The van der Waals surface area contributed by atoms with E-state index in [2.05, 4.69) is 33.4 Å². The van der Waals surface area contributed by atoms with E-state index in [-0.39, 0.29) is 43.9 Å². The number of fused-ring (bicyclic) bond motifs is 4. The summed E-state index contributed by atoms with van der Waals surface area (Å²) in [7, 11) is 3.27. The maximum atomic E-state index is 15.2. The second kappa shape index (κ2) is 23.7. The molecule has 5 amide bonds. The van der Waals surface area contributed by atoms with Crippen molar-refractivity contribution in [2.75, 3.05) is 53.3 Å². The number of nitriles is 2. The summed E-state index contributed by atoms with van der Waals surface area (Å²) in [5.41, 5.74) is 5.26. The van der Waals surface area contributed by atoms with Crippen molar-refractivity contribution in [3.8, 4) is 23.5 Å². The maximum absolute atomic E-state index is 15.2. The molecule has 0 saturated carbocycles. The van der Waals surface area contributed by atoms with Crippen LogP contribution in [0, 0.1) is 22.7 Å². The zero-order valence-corrected chi connectivity index (χ0v) is 46.9. The molecular weight excluding hydrogens is 1070 g/mol. The first-order valence-electron chi connectivity index (χ1n) is 27.6. The second-order valence-corrected chi connectivity index (χ2v) is 21.0. The van der Waals surface area contributed by atoms with Crippen molar-refractivity contribution in [3.63, 3.8) is 0 Å². The van der Waals surface area contributed by atoms with Crippen molar-refractivity contribution < 1.29 is 28.8 Å². The van der Waals surface area contributed by atoms with Crippen molar-refractivity contribution in [1.82, 2.24) is 40.8 Å². The molecule has 0 radical (unpaired) electrons. The van der Waals surface area contributed by atoms with Crippen molar-refractivity contribution in [1.29, 1.82) is 10.5 Å². The number of carbonyl (C=O) groups excluding carboxylic acids is 6. The van der Waals surface area contributed by atoms with Gasteiger partial charge >= 0.3 is 0 Å². The molecule has 0 bridgehead atoms. The maximum Gasteiger partial charge on any atom is 0.258 e. The zero-order chi connectivity index (χ0) is 59.5. The molecule has 0 spiro atoms. The molecule has 2 aliphatic heterocycles. The number of hydrogen-bond donors (Lipinski definition) is 4. The molecule has 85 heavy (non-hydrogen) atoms. The Morgan fingerprint density at radius 2 is 0.988 bits per heavy atom. The molecule has 4 N–H and O–H groups in total. The summed E-state index contributed by atoms with van der Waals surface area (Å²) in [5, 5.41) is 43.7. The molecule has 11 rings (SSSR count). The van der Waals surface area contributed by atoms with Crippen molar-refractivity contribution in [2.45, 2.75) is 50.6 Å². The van der Waals surface area contributed by atoms with Gasteiger partial charge in [-0.15, -0.1) is 0 Å².